The first-order valence-corrected chi connectivity index (χ1v) is 10.6. The third-order valence-corrected chi connectivity index (χ3v) is 5.55. The summed E-state index contributed by atoms with van der Waals surface area (Å²) in [6.45, 7) is 7.91. The molecule has 0 fully saturated rings. The lowest BCUT2D eigenvalue weighted by molar-refractivity contribution is -0.127. The standard InChI is InChI=1S/C27H30N2O2/c1-18(2)25(27(31)28-23-16-15-19(3)20(4)17-23)29-26(30)24(21-11-7-5-8-12-21)22-13-9-6-10-14-22/h5-18,24-25H,1-4H3,(H,28,31)(H,29,30). The van der Waals surface area contributed by atoms with E-state index < -0.39 is 12.0 Å². The maximum Gasteiger partial charge on any atom is 0.247 e. The van der Waals surface area contributed by atoms with Gasteiger partial charge in [0.25, 0.3) is 0 Å². The van der Waals surface area contributed by atoms with Crippen molar-refractivity contribution in [2.45, 2.75) is 39.7 Å². The lowest BCUT2D eigenvalue weighted by atomic mass is 9.89. The lowest BCUT2D eigenvalue weighted by Crippen LogP contribution is -2.48. The zero-order chi connectivity index (χ0) is 22.4. The minimum absolute atomic E-state index is 0.0670. The van der Waals surface area contributed by atoms with Gasteiger partial charge in [-0.3, -0.25) is 9.59 Å². The summed E-state index contributed by atoms with van der Waals surface area (Å²) >= 11 is 0. The monoisotopic (exact) mass is 414 g/mol. The lowest BCUT2D eigenvalue weighted by Gasteiger charge is -2.25. The van der Waals surface area contributed by atoms with E-state index in [2.05, 4.69) is 10.6 Å². The van der Waals surface area contributed by atoms with Crippen LogP contribution in [-0.4, -0.2) is 17.9 Å². The average Bonchev–Trinajstić information content (AvgIpc) is 2.76. The van der Waals surface area contributed by atoms with Gasteiger partial charge in [0, 0.05) is 5.69 Å². The molecule has 3 aromatic carbocycles. The van der Waals surface area contributed by atoms with Crippen molar-refractivity contribution in [3.8, 4) is 0 Å². The Balaban J connectivity index is 1.83. The summed E-state index contributed by atoms with van der Waals surface area (Å²) in [6, 6.07) is 24.5. The number of amides is 2. The number of anilines is 1. The highest BCUT2D eigenvalue weighted by Crippen LogP contribution is 2.25. The van der Waals surface area contributed by atoms with Gasteiger partial charge in [-0.1, -0.05) is 80.6 Å². The third kappa shape index (κ3) is 5.60. The summed E-state index contributed by atoms with van der Waals surface area (Å²) in [5.74, 6) is -0.960. The Morgan fingerprint density at radius 2 is 1.26 bits per heavy atom. The molecule has 2 N–H and O–H groups in total. The number of carbonyl (C=O) groups excluding carboxylic acids is 2. The Morgan fingerprint density at radius 1 is 0.710 bits per heavy atom. The van der Waals surface area contributed by atoms with E-state index in [1.165, 1.54) is 5.56 Å². The molecule has 0 saturated heterocycles. The minimum Gasteiger partial charge on any atom is -0.343 e. The molecule has 31 heavy (non-hydrogen) atoms. The molecule has 0 aromatic heterocycles. The van der Waals surface area contributed by atoms with Gasteiger partial charge in [-0.15, -0.1) is 0 Å². The summed E-state index contributed by atoms with van der Waals surface area (Å²) in [4.78, 5) is 26.5. The van der Waals surface area contributed by atoms with Gasteiger partial charge in [-0.25, -0.2) is 0 Å². The largest absolute Gasteiger partial charge is 0.343 e. The van der Waals surface area contributed by atoms with Crippen LogP contribution < -0.4 is 10.6 Å². The summed E-state index contributed by atoms with van der Waals surface area (Å²) in [5, 5.41) is 5.97. The maximum atomic E-state index is 13.4. The molecule has 160 valence electrons. The van der Waals surface area contributed by atoms with Crippen molar-refractivity contribution in [1.82, 2.24) is 5.32 Å². The van der Waals surface area contributed by atoms with Gasteiger partial charge >= 0.3 is 0 Å². The molecule has 0 saturated carbocycles. The Morgan fingerprint density at radius 3 is 1.74 bits per heavy atom. The van der Waals surface area contributed by atoms with E-state index in [1.807, 2.05) is 107 Å². The van der Waals surface area contributed by atoms with E-state index in [0.29, 0.717) is 0 Å². The van der Waals surface area contributed by atoms with E-state index >= 15 is 0 Å². The van der Waals surface area contributed by atoms with Crippen LogP contribution in [0.5, 0.6) is 0 Å². The van der Waals surface area contributed by atoms with Crippen molar-refractivity contribution in [2.24, 2.45) is 5.92 Å². The number of benzene rings is 3. The first-order chi connectivity index (χ1) is 14.9. The molecule has 0 aliphatic rings. The Hall–Kier alpha value is -3.40. The summed E-state index contributed by atoms with van der Waals surface area (Å²) in [7, 11) is 0. The van der Waals surface area contributed by atoms with Gasteiger partial charge in [-0.05, 0) is 54.2 Å². The van der Waals surface area contributed by atoms with Gasteiger partial charge in [0.15, 0.2) is 0 Å². The van der Waals surface area contributed by atoms with E-state index in [0.717, 1.165) is 22.4 Å². The van der Waals surface area contributed by atoms with Gasteiger partial charge in [0.1, 0.15) is 6.04 Å². The number of rotatable bonds is 7. The molecule has 0 bridgehead atoms. The fourth-order valence-corrected chi connectivity index (χ4v) is 3.60. The molecule has 1 unspecified atom stereocenters. The Bertz CT molecular complexity index is 990. The topological polar surface area (TPSA) is 58.2 Å². The molecule has 2 amide bonds. The van der Waals surface area contributed by atoms with Gasteiger partial charge in [0.2, 0.25) is 11.8 Å². The van der Waals surface area contributed by atoms with E-state index in [-0.39, 0.29) is 17.7 Å². The second-order valence-electron chi connectivity index (χ2n) is 8.27. The van der Waals surface area contributed by atoms with Crippen LogP contribution >= 0.6 is 0 Å². The van der Waals surface area contributed by atoms with Crippen LogP contribution in [0.3, 0.4) is 0 Å². The highest BCUT2D eigenvalue weighted by molar-refractivity contribution is 5.99. The number of carbonyl (C=O) groups is 2. The summed E-state index contributed by atoms with van der Waals surface area (Å²) < 4.78 is 0. The molecule has 4 heteroatoms. The minimum atomic E-state index is -0.649. The van der Waals surface area contributed by atoms with Crippen LogP contribution in [0.4, 0.5) is 5.69 Å². The fraction of sp³-hybridized carbons (Fsp3) is 0.259. The normalized spacial score (nSPS) is 11.9. The fourth-order valence-electron chi connectivity index (χ4n) is 3.60. The molecular formula is C27H30N2O2. The SMILES string of the molecule is Cc1ccc(NC(=O)C(NC(=O)C(c2ccccc2)c2ccccc2)C(C)C)cc1C. The van der Waals surface area contributed by atoms with Crippen LogP contribution in [0.15, 0.2) is 78.9 Å². The number of hydrogen-bond acceptors (Lipinski definition) is 2. The zero-order valence-electron chi connectivity index (χ0n) is 18.6. The molecule has 0 heterocycles. The van der Waals surface area contributed by atoms with Crippen molar-refractivity contribution in [2.75, 3.05) is 5.32 Å². The maximum absolute atomic E-state index is 13.4. The zero-order valence-corrected chi connectivity index (χ0v) is 18.6. The van der Waals surface area contributed by atoms with Crippen molar-refractivity contribution < 1.29 is 9.59 Å². The van der Waals surface area contributed by atoms with E-state index in [9.17, 15) is 9.59 Å². The van der Waals surface area contributed by atoms with Gasteiger partial charge < -0.3 is 10.6 Å². The van der Waals surface area contributed by atoms with Crippen LogP contribution in [0.1, 0.15) is 42.0 Å². The van der Waals surface area contributed by atoms with Crippen molar-refractivity contribution in [1.29, 1.82) is 0 Å². The third-order valence-electron chi connectivity index (χ3n) is 5.55. The molecule has 1 atom stereocenters. The molecular weight excluding hydrogens is 384 g/mol. The van der Waals surface area contributed by atoms with Crippen LogP contribution in [-0.2, 0) is 9.59 Å². The van der Waals surface area contributed by atoms with Crippen LogP contribution in [0, 0.1) is 19.8 Å². The number of aryl methyl sites for hydroxylation is 2. The average molecular weight is 415 g/mol. The first kappa shape index (κ1) is 22.3. The highest BCUT2D eigenvalue weighted by atomic mass is 16.2. The van der Waals surface area contributed by atoms with Crippen molar-refractivity contribution in [3.05, 3.63) is 101 Å². The summed E-state index contributed by atoms with van der Waals surface area (Å²) in [6.07, 6.45) is 0. The second-order valence-corrected chi connectivity index (χ2v) is 8.27. The summed E-state index contributed by atoms with van der Waals surface area (Å²) in [5.41, 5.74) is 4.79. The molecule has 3 rings (SSSR count). The Labute approximate surface area is 184 Å². The highest BCUT2D eigenvalue weighted by Gasteiger charge is 2.29. The van der Waals surface area contributed by atoms with Crippen molar-refractivity contribution >= 4 is 17.5 Å². The molecule has 0 aliphatic heterocycles. The molecule has 3 aromatic rings. The number of hydrogen-bond donors (Lipinski definition) is 2. The first-order valence-electron chi connectivity index (χ1n) is 10.6. The van der Waals surface area contributed by atoms with E-state index in [4.69, 9.17) is 0 Å². The van der Waals surface area contributed by atoms with E-state index in [1.54, 1.807) is 0 Å². The quantitative estimate of drug-likeness (QED) is 0.557. The molecule has 0 aliphatic carbocycles. The second kappa shape index (κ2) is 10.1. The van der Waals surface area contributed by atoms with Crippen molar-refractivity contribution in [3.63, 3.8) is 0 Å². The van der Waals surface area contributed by atoms with Crippen LogP contribution in [0.2, 0.25) is 0 Å². The van der Waals surface area contributed by atoms with Crippen LogP contribution in [0.25, 0.3) is 0 Å². The van der Waals surface area contributed by atoms with Gasteiger partial charge in [-0.2, -0.15) is 0 Å². The molecule has 0 spiro atoms. The predicted molar refractivity (Wildman–Crippen MR) is 126 cm³/mol. The molecule has 0 radical (unpaired) electrons. The number of nitrogens with one attached hydrogen (secondary N) is 2. The Kier molecular flexibility index (Phi) is 7.24. The van der Waals surface area contributed by atoms with Gasteiger partial charge in [0.05, 0.1) is 5.92 Å². The smallest absolute Gasteiger partial charge is 0.247 e. The predicted octanol–water partition coefficient (Wildman–Crippen LogP) is 5.21. The molecule has 4 nitrogen and oxygen atoms in total.